The minimum absolute atomic E-state index is 1.22. The minimum atomic E-state index is 1.22. The molecule has 1 heterocycles. The molecule has 0 unspecified atom stereocenters. The van der Waals surface area contributed by atoms with E-state index in [4.69, 9.17) is 0 Å². The first-order valence-corrected chi connectivity index (χ1v) is 7.09. The number of hydrogen-bond acceptors (Lipinski definition) is 1. The van der Waals surface area contributed by atoms with Crippen LogP contribution in [0.3, 0.4) is 0 Å². The predicted molar refractivity (Wildman–Crippen MR) is 90.3 cm³/mol. The van der Waals surface area contributed by atoms with Crippen molar-refractivity contribution < 1.29 is 0 Å². The Kier molecular flexibility index (Phi) is 6.62. The van der Waals surface area contributed by atoms with Gasteiger partial charge in [0.1, 0.15) is 0 Å². The first-order chi connectivity index (χ1) is 9.26. The summed E-state index contributed by atoms with van der Waals surface area (Å²) in [6.45, 7) is 11.5. The summed E-state index contributed by atoms with van der Waals surface area (Å²) in [5.74, 6) is 0. The van der Waals surface area contributed by atoms with Crippen molar-refractivity contribution in [2.24, 2.45) is 0 Å². The summed E-state index contributed by atoms with van der Waals surface area (Å²) in [5.41, 5.74) is 2.44. The average Bonchev–Trinajstić information content (AvgIpc) is 2.90. The molecule has 0 saturated carbocycles. The van der Waals surface area contributed by atoms with Crippen LogP contribution in [0, 0.1) is 0 Å². The molecule has 19 heavy (non-hydrogen) atoms. The molecular weight excluding hydrogens is 248 g/mol. The van der Waals surface area contributed by atoms with Gasteiger partial charge in [0.15, 0.2) is 0 Å². The molecule has 0 spiro atoms. The molecule has 98 valence electrons. The molecule has 0 aliphatic carbocycles. The van der Waals surface area contributed by atoms with E-state index in [1.807, 2.05) is 12.2 Å². The Bertz CT molecular complexity index is 500. The van der Waals surface area contributed by atoms with Gasteiger partial charge in [0, 0.05) is 9.75 Å². The van der Waals surface area contributed by atoms with Crippen molar-refractivity contribution in [3.63, 3.8) is 0 Å². The van der Waals surface area contributed by atoms with E-state index in [0.717, 1.165) is 0 Å². The van der Waals surface area contributed by atoms with Gasteiger partial charge in [-0.1, -0.05) is 61.8 Å². The van der Waals surface area contributed by atoms with E-state index in [-0.39, 0.29) is 0 Å². The largest absolute Gasteiger partial charge is 0.135 e. The second-order valence-electron chi connectivity index (χ2n) is 3.84. The topological polar surface area (TPSA) is 0 Å². The molecule has 0 nitrogen and oxygen atoms in total. The molecule has 0 fully saturated rings. The lowest BCUT2D eigenvalue weighted by Crippen LogP contribution is -1.73. The molecular formula is C18H20S. The number of rotatable bonds is 6. The molecule has 1 heteroatoms. The average molecular weight is 268 g/mol. The summed E-state index contributed by atoms with van der Waals surface area (Å²) < 4.78 is 0. The molecule has 1 aromatic heterocycles. The summed E-state index contributed by atoms with van der Waals surface area (Å²) in [5, 5.41) is 0. The molecule has 0 saturated heterocycles. The number of thiophene rings is 1. The van der Waals surface area contributed by atoms with Gasteiger partial charge in [0.2, 0.25) is 0 Å². The van der Waals surface area contributed by atoms with Crippen LogP contribution >= 0.6 is 11.3 Å². The smallest absolute Gasteiger partial charge is 0.0346 e. The SMILES string of the molecule is C=C/C=C\C(=C/C)c1ccc(C(/C=C\C=C)=C/C)s1. The van der Waals surface area contributed by atoms with E-state index in [2.05, 4.69) is 63.4 Å². The van der Waals surface area contributed by atoms with Crippen molar-refractivity contribution in [2.45, 2.75) is 13.8 Å². The van der Waals surface area contributed by atoms with Crippen LogP contribution in [0.2, 0.25) is 0 Å². The summed E-state index contributed by atoms with van der Waals surface area (Å²) in [7, 11) is 0. The molecule has 0 amide bonds. The van der Waals surface area contributed by atoms with Crippen LogP contribution in [0.25, 0.3) is 11.1 Å². The second-order valence-corrected chi connectivity index (χ2v) is 4.93. The highest BCUT2D eigenvalue weighted by Crippen LogP contribution is 2.30. The molecule has 0 radical (unpaired) electrons. The lowest BCUT2D eigenvalue weighted by atomic mass is 10.1. The summed E-state index contributed by atoms with van der Waals surface area (Å²) in [6.07, 6.45) is 15.9. The molecule has 1 aromatic rings. The summed E-state index contributed by atoms with van der Waals surface area (Å²) in [4.78, 5) is 2.53. The first kappa shape index (κ1) is 15.2. The highest BCUT2D eigenvalue weighted by Gasteiger charge is 2.04. The molecule has 0 N–H and O–H groups in total. The van der Waals surface area contributed by atoms with Gasteiger partial charge < -0.3 is 0 Å². The van der Waals surface area contributed by atoms with E-state index in [0.29, 0.717) is 0 Å². The molecule has 0 atom stereocenters. The number of hydrogen-bond donors (Lipinski definition) is 0. The first-order valence-electron chi connectivity index (χ1n) is 6.28. The molecule has 1 rings (SSSR count). The molecule has 0 aliphatic heterocycles. The van der Waals surface area contributed by atoms with Gasteiger partial charge in [-0.15, -0.1) is 11.3 Å². The molecule has 0 aliphatic rings. The third-order valence-corrected chi connectivity index (χ3v) is 3.80. The van der Waals surface area contributed by atoms with E-state index in [1.165, 1.54) is 20.9 Å². The predicted octanol–water partition coefficient (Wildman–Crippen LogP) is 6.04. The van der Waals surface area contributed by atoms with Gasteiger partial charge in [-0.3, -0.25) is 0 Å². The zero-order chi connectivity index (χ0) is 14.1. The van der Waals surface area contributed by atoms with Gasteiger partial charge in [-0.25, -0.2) is 0 Å². The molecule has 0 aromatic carbocycles. The van der Waals surface area contributed by atoms with Crippen molar-refractivity contribution in [1.29, 1.82) is 0 Å². The Balaban J connectivity index is 3.04. The normalized spacial score (nSPS) is 13.4. The van der Waals surface area contributed by atoms with Crippen LogP contribution in [0.15, 0.2) is 73.9 Å². The fraction of sp³-hybridized carbons (Fsp3) is 0.111. The third kappa shape index (κ3) is 4.38. The van der Waals surface area contributed by atoms with E-state index in [9.17, 15) is 0 Å². The van der Waals surface area contributed by atoms with E-state index >= 15 is 0 Å². The quantitative estimate of drug-likeness (QED) is 0.552. The Morgan fingerprint density at radius 2 is 1.32 bits per heavy atom. The highest BCUT2D eigenvalue weighted by molar-refractivity contribution is 7.14. The Hall–Kier alpha value is -1.86. The van der Waals surface area contributed by atoms with Crippen LogP contribution in [-0.4, -0.2) is 0 Å². The Morgan fingerprint density at radius 3 is 1.63 bits per heavy atom. The van der Waals surface area contributed by atoms with Crippen molar-refractivity contribution in [2.75, 3.05) is 0 Å². The monoisotopic (exact) mass is 268 g/mol. The standard InChI is InChI=1S/C18H20S/c1-5-9-11-15(7-3)17-13-14-18(19-17)16(8-4)12-10-6-2/h5-14H,1-2H2,3-4H3/b11-9-,12-10-,15-7+,16-8+. The Morgan fingerprint density at radius 1 is 0.895 bits per heavy atom. The van der Waals surface area contributed by atoms with E-state index in [1.54, 1.807) is 23.5 Å². The summed E-state index contributed by atoms with van der Waals surface area (Å²) in [6, 6.07) is 4.32. The Labute approximate surface area is 120 Å². The zero-order valence-electron chi connectivity index (χ0n) is 11.6. The van der Waals surface area contributed by atoms with Gasteiger partial charge >= 0.3 is 0 Å². The van der Waals surface area contributed by atoms with Crippen molar-refractivity contribution in [3.05, 3.63) is 83.7 Å². The van der Waals surface area contributed by atoms with Crippen LogP contribution < -0.4 is 0 Å². The van der Waals surface area contributed by atoms with Crippen molar-refractivity contribution in [3.8, 4) is 0 Å². The van der Waals surface area contributed by atoms with Gasteiger partial charge in [0.05, 0.1) is 0 Å². The fourth-order valence-corrected chi connectivity index (χ4v) is 2.75. The van der Waals surface area contributed by atoms with E-state index < -0.39 is 0 Å². The van der Waals surface area contributed by atoms with Gasteiger partial charge in [0.25, 0.3) is 0 Å². The lowest BCUT2D eigenvalue weighted by Gasteiger charge is -1.98. The highest BCUT2D eigenvalue weighted by atomic mass is 32.1. The number of allylic oxidation sites excluding steroid dienone is 10. The lowest BCUT2D eigenvalue weighted by molar-refractivity contribution is 1.70. The fourth-order valence-electron chi connectivity index (χ4n) is 1.63. The summed E-state index contributed by atoms with van der Waals surface area (Å²) >= 11 is 1.79. The van der Waals surface area contributed by atoms with Gasteiger partial charge in [-0.2, -0.15) is 0 Å². The maximum absolute atomic E-state index is 3.70. The van der Waals surface area contributed by atoms with Crippen LogP contribution in [0.5, 0.6) is 0 Å². The maximum atomic E-state index is 3.70. The van der Waals surface area contributed by atoms with Crippen molar-refractivity contribution >= 4 is 22.5 Å². The second kappa shape index (κ2) is 8.28. The zero-order valence-corrected chi connectivity index (χ0v) is 12.4. The van der Waals surface area contributed by atoms with Crippen LogP contribution in [-0.2, 0) is 0 Å². The van der Waals surface area contributed by atoms with Crippen LogP contribution in [0.4, 0.5) is 0 Å². The van der Waals surface area contributed by atoms with Gasteiger partial charge in [-0.05, 0) is 37.1 Å². The third-order valence-electron chi connectivity index (χ3n) is 2.62. The van der Waals surface area contributed by atoms with Crippen molar-refractivity contribution in [1.82, 2.24) is 0 Å². The van der Waals surface area contributed by atoms with Crippen LogP contribution in [0.1, 0.15) is 23.6 Å². The molecule has 0 bridgehead atoms. The maximum Gasteiger partial charge on any atom is 0.0346 e. The minimum Gasteiger partial charge on any atom is -0.135 e.